The van der Waals surface area contributed by atoms with Crippen LogP contribution >= 0.6 is 23.2 Å². The highest BCUT2D eigenvalue weighted by Crippen LogP contribution is 2.30. The van der Waals surface area contributed by atoms with Gasteiger partial charge in [-0.2, -0.15) is 0 Å². The number of quaternary nitrogens is 1. The molecule has 1 aliphatic heterocycles. The molecule has 6 nitrogen and oxygen atoms in total. The van der Waals surface area contributed by atoms with Crippen LogP contribution in [0.15, 0.2) is 18.2 Å². The Kier molecular flexibility index (Phi) is 5.78. The van der Waals surface area contributed by atoms with Crippen LogP contribution in [-0.4, -0.2) is 65.3 Å². The number of amides is 1. The second kappa shape index (κ2) is 7.25. The van der Waals surface area contributed by atoms with Gasteiger partial charge in [0.05, 0.1) is 50.2 Å². The molecule has 1 N–H and O–H groups in total. The van der Waals surface area contributed by atoms with Crippen molar-refractivity contribution >= 4 is 44.8 Å². The molecule has 1 aliphatic rings. The molecule has 0 atom stereocenters. The lowest BCUT2D eigenvalue weighted by molar-refractivity contribution is -0.883. The Labute approximate surface area is 146 Å². The maximum atomic E-state index is 12.5. The van der Waals surface area contributed by atoms with E-state index in [1.165, 1.54) is 17.0 Å². The summed E-state index contributed by atoms with van der Waals surface area (Å²) in [4.78, 5) is 15.5. The quantitative estimate of drug-likeness (QED) is 0.806. The molecule has 0 saturated carbocycles. The number of hydrogen-bond acceptors (Lipinski definition) is 3. The Morgan fingerprint density at radius 2 is 1.91 bits per heavy atom. The highest BCUT2D eigenvalue weighted by molar-refractivity contribution is 7.92. The van der Waals surface area contributed by atoms with E-state index in [1.807, 2.05) is 0 Å². The number of halogens is 2. The monoisotopic (exact) mass is 380 g/mol. The fourth-order valence-electron chi connectivity index (χ4n) is 2.42. The van der Waals surface area contributed by atoms with Crippen molar-refractivity contribution in [2.24, 2.45) is 0 Å². The summed E-state index contributed by atoms with van der Waals surface area (Å²) in [6.07, 6.45) is 1.05. The number of nitrogens with zero attached hydrogens (tertiary/aromatic N) is 2. The second-order valence-electron chi connectivity index (χ2n) is 5.70. The minimum atomic E-state index is -3.66. The normalized spacial score (nSPS) is 16.4. The molecule has 0 aliphatic carbocycles. The average Bonchev–Trinajstić information content (AvgIpc) is 2.47. The lowest BCUT2D eigenvalue weighted by Gasteiger charge is -2.32. The fourth-order valence-corrected chi connectivity index (χ4v) is 3.71. The third-order valence-electron chi connectivity index (χ3n) is 3.83. The number of anilines is 1. The zero-order valence-corrected chi connectivity index (χ0v) is 15.4. The number of carbonyl (C=O) groups excluding carboxylic acids is 1. The summed E-state index contributed by atoms with van der Waals surface area (Å²) >= 11 is 12.0. The minimum Gasteiger partial charge on any atom is -0.334 e. The number of piperazine rings is 1. The van der Waals surface area contributed by atoms with Gasteiger partial charge < -0.3 is 9.80 Å². The zero-order chi connectivity index (χ0) is 17.2. The number of likely N-dealkylation sites (N-methyl/N-ethyl adjacent to an activating group) is 1. The Hall–Kier alpha value is -1.02. The molecule has 0 radical (unpaired) electrons. The number of hydrogen-bond donors (Lipinski definition) is 1. The molecule has 0 spiro atoms. The standard InChI is InChI=1S/C14H19Cl2N3O3S/c1-17-5-7-18(8-6-17)14(20)10-19(23(2,21)22)13-9-11(15)3-4-12(13)16/h3-4,9H,5-8,10H2,1-2H3/p+1. The maximum Gasteiger partial charge on any atom is 0.243 e. The van der Waals surface area contributed by atoms with E-state index in [0.717, 1.165) is 23.7 Å². The lowest BCUT2D eigenvalue weighted by Crippen LogP contribution is -3.12. The highest BCUT2D eigenvalue weighted by Gasteiger charge is 2.28. The van der Waals surface area contributed by atoms with Crippen LogP contribution in [0, 0.1) is 0 Å². The van der Waals surface area contributed by atoms with Crippen molar-refractivity contribution in [2.75, 3.05) is 50.3 Å². The Bertz CT molecular complexity index is 689. The first-order valence-corrected chi connectivity index (χ1v) is 9.81. The molecule has 0 unspecified atom stereocenters. The topological polar surface area (TPSA) is 62.1 Å². The third kappa shape index (κ3) is 4.73. The maximum absolute atomic E-state index is 12.5. The van der Waals surface area contributed by atoms with Crippen LogP contribution in [0.4, 0.5) is 5.69 Å². The van der Waals surface area contributed by atoms with Gasteiger partial charge in [0.15, 0.2) is 0 Å². The molecule has 9 heteroatoms. The van der Waals surface area contributed by atoms with Crippen LogP contribution in [-0.2, 0) is 14.8 Å². The van der Waals surface area contributed by atoms with Crippen molar-refractivity contribution in [3.8, 4) is 0 Å². The van der Waals surface area contributed by atoms with Gasteiger partial charge in [-0.25, -0.2) is 8.42 Å². The molecule has 1 amide bonds. The van der Waals surface area contributed by atoms with E-state index < -0.39 is 10.0 Å². The number of nitrogens with one attached hydrogen (secondary N) is 1. The molecule has 1 fully saturated rings. The molecule has 0 bridgehead atoms. The molecule has 2 rings (SSSR count). The first-order valence-electron chi connectivity index (χ1n) is 7.20. The number of carbonyl (C=O) groups is 1. The van der Waals surface area contributed by atoms with Gasteiger partial charge in [0.25, 0.3) is 0 Å². The van der Waals surface area contributed by atoms with Crippen LogP contribution in [0.3, 0.4) is 0 Å². The fraction of sp³-hybridized carbons (Fsp3) is 0.500. The van der Waals surface area contributed by atoms with Crippen LogP contribution in [0.25, 0.3) is 0 Å². The Balaban J connectivity index is 2.23. The third-order valence-corrected chi connectivity index (χ3v) is 5.51. The van der Waals surface area contributed by atoms with E-state index in [9.17, 15) is 13.2 Å². The molecule has 128 valence electrons. The summed E-state index contributed by atoms with van der Waals surface area (Å²) in [5.74, 6) is -0.237. The smallest absolute Gasteiger partial charge is 0.243 e. The van der Waals surface area contributed by atoms with Crippen LogP contribution in [0.5, 0.6) is 0 Å². The second-order valence-corrected chi connectivity index (χ2v) is 8.45. The largest absolute Gasteiger partial charge is 0.334 e. The molecule has 23 heavy (non-hydrogen) atoms. The SMILES string of the molecule is C[NH+]1CCN(C(=O)CN(c2cc(Cl)ccc2Cl)S(C)(=O)=O)CC1. The van der Waals surface area contributed by atoms with E-state index in [4.69, 9.17) is 23.2 Å². The number of sulfonamides is 1. The molecule has 1 heterocycles. The van der Waals surface area contributed by atoms with Crippen molar-refractivity contribution in [1.82, 2.24) is 4.90 Å². The predicted octanol–water partition coefficient (Wildman–Crippen LogP) is 0.116. The Morgan fingerprint density at radius 3 is 2.48 bits per heavy atom. The molecular weight excluding hydrogens is 361 g/mol. The molecular formula is C14H20Cl2N3O3S+. The molecule has 0 aromatic heterocycles. The molecule has 1 aromatic carbocycles. The van der Waals surface area contributed by atoms with Gasteiger partial charge in [-0.15, -0.1) is 0 Å². The summed E-state index contributed by atoms with van der Waals surface area (Å²) in [6, 6.07) is 4.53. The van der Waals surface area contributed by atoms with Crippen molar-refractivity contribution in [3.63, 3.8) is 0 Å². The van der Waals surface area contributed by atoms with Crippen molar-refractivity contribution in [3.05, 3.63) is 28.2 Å². The van der Waals surface area contributed by atoms with Crippen LogP contribution in [0.1, 0.15) is 0 Å². The van der Waals surface area contributed by atoms with Gasteiger partial charge >= 0.3 is 0 Å². The van der Waals surface area contributed by atoms with Gasteiger partial charge in [-0.05, 0) is 18.2 Å². The van der Waals surface area contributed by atoms with Crippen molar-refractivity contribution in [2.45, 2.75) is 0 Å². The predicted molar refractivity (Wildman–Crippen MR) is 91.9 cm³/mol. The van der Waals surface area contributed by atoms with E-state index in [-0.39, 0.29) is 23.2 Å². The van der Waals surface area contributed by atoms with E-state index in [1.54, 1.807) is 11.0 Å². The Morgan fingerprint density at radius 1 is 1.30 bits per heavy atom. The van der Waals surface area contributed by atoms with Crippen molar-refractivity contribution in [1.29, 1.82) is 0 Å². The number of benzene rings is 1. The summed E-state index contributed by atoms with van der Waals surface area (Å²) < 4.78 is 25.2. The van der Waals surface area contributed by atoms with E-state index >= 15 is 0 Å². The summed E-state index contributed by atoms with van der Waals surface area (Å²) in [6.45, 7) is 2.65. The summed E-state index contributed by atoms with van der Waals surface area (Å²) in [5.41, 5.74) is 0.217. The summed E-state index contributed by atoms with van der Waals surface area (Å²) in [5, 5.41) is 0.587. The average molecular weight is 381 g/mol. The minimum absolute atomic E-state index is 0.217. The van der Waals surface area contributed by atoms with Gasteiger partial charge in [0.1, 0.15) is 6.54 Å². The van der Waals surface area contributed by atoms with Crippen LogP contribution in [0.2, 0.25) is 10.0 Å². The molecule has 1 aromatic rings. The zero-order valence-electron chi connectivity index (χ0n) is 13.1. The van der Waals surface area contributed by atoms with Gasteiger partial charge in [0.2, 0.25) is 15.9 Å². The van der Waals surface area contributed by atoms with E-state index in [2.05, 4.69) is 7.05 Å². The van der Waals surface area contributed by atoms with Gasteiger partial charge in [-0.1, -0.05) is 23.2 Å². The van der Waals surface area contributed by atoms with Gasteiger partial charge in [0, 0.05) is 5.02 Å². The first kappa shape index (κ1) is 18.3. The van der Waals surface area contributed by atoms with Crippen LogP contribution < -0.4 is 9.21 Å². The first-order chi connectivity index (χ1) is 10.7. The number of rotatable bonds is 4. The molecule has 1 saturated heterocycles. The lowest BCUT2D eigenvalue weighted by atomic mass is 10.3. The van der Waals surface area contributed by atoms with E-state index in [0.29, 0.717) is 18.1 Å². The van der Waals surface area contributed by atoms with Gasteiger partial charge in [-0.3, -0.25) is 9.10 Å². The van der Waals surface area contributed by atoms with Crippen molar-refractivity contribution < 1.29 is 18.1 Å². The summed E-state index contributed by atoms with van der Waals surface area (Å²) in [7, 11) is -1.60. The highest BCUT2D eigenvalue weighted by atomic mass is 35.5.